The maximum Gasteiger partial charge on any atom is 0.120 e. The van der Waals surface area contributed by atoms with E-state index in [1.807, 2.05) is 18.2 Å². The first-order chi connectivity index (χ1) is 13.2. The molecule has 0 fully saturated rings. The van der Waals surface area contributed by atoms with Crippen molar-refractivity contribution in [2.24, 2.45) is 5.73 Å². The Labute approximate surface area is 159 Å². The predicted octanol–water partition coefficient (Wildman–Crippen LogP) is 2.10. The molecule has 0 bridgehead atoms. The third kappa shape index (κ3) is 3.56. The Hall–Kier alpha value is -2.41. The van der Waals surface area contributed by atoms with Gasteiger partial charge in [0.1, 0.15) is 12.4 Å². The Balaban J connectivity index is 1.75. The third-order valence-electron chi connectivity index (χ3n) is 5.25. The number of aromatic nitrogens is 2. The van der Waals surface area contributed by atoms with Gasteiger partial charge < -0.3 is 25.0 Å². The lowest BCUT2D eigenvalue weighted by atomic mass is 10.0. The van der Waals surface area contributed by atoms with Gasteiger partial charge >= 0.3 is 0 Å². The van der Waals surface area contributed by atoms with Gasteiger partial charge in [-0.25, -0.2) is 0 Å². The van der Waals surface area contributed by atoms with E-state index in [2.05, 4.69) is 33.6 Å². The molecule has 0 spiro atoms. The number of nitrogens with zero attached hydrogens (tertiary/aromatic N) is 3. The molecule has 0 amide bonds. The van der Waals surface area contributed by atoms with Gasteiger partial charge in [0.05, 0.1) is 12.6 Å². The number of likely N-dealkylation sites (N-methyl/N-ethyl adjacent to an activating group) is 1. The molecule has 0 saturated carbocycles. The third-order valence-corrected chi connectivity index (χ3v) is 5.25. The van der Waals surface area contributed by atoms with E-state index in [9.17, 15) is 5.11 Å². The molecule has 142 valence electrons. The standard InChI is InChI=1S/C21H26N4O2/c1-24-10-6-20-18(13-24)17-12-16(27-11-7-22)2-3-19(17)25(20)14-21(26)15-4-8-23-9-5-15/h2-5,8-9,12,21,26H,6-7,10-11,13-14,22H2,1H3. The highest BCUT2D eigenvalue weighted by molar-refractivity contribution is 5.87. The molecule has 3 heterocycles. The number of benzene rings is 1. The topological polar surface area (TPSA) is 76.5 Å². The number of rotatable bonds is 6. The molecule has 0 saturated heterocycles. The molecule has 1 aliphatic rings. The Kier molecular flexibility index (Phi) is 5.11. The van der Waals surface area contributed by atoms with Gasteiger partial charge in [0, 0.05) is 55.0 Å². The second-order valence-corrected chi connectivity index (χ2v) is 7.14. The van der Waals surface area contributed by atoms with Crippen LogP contribution in [0, 0.1) is 0 Å². The summed E-state index contributed by atoms with van der Waals surface area (Å²) in [4.78, 5) is 6.37. The second-order valence-electron chi connectivity index (χ2n) is 7.14. The molecule has 0 aliphatic carbocycles. The lowest BCUT2D eigenvalue weighted by molar-refractivity contribution is 0.156. The summed E-state index contributed by atoms with van der Waals surface area (Å²) in [5.74, 6) is 0.843. The quantitative estimate of drug-likeness (QED) is 0.699. The highest BCUT2D eigenvalue weighted by atomic mass is 16.5. The summed E-state index contributed by atoms with van der Waals surface area (Å²) in [6, 6.07) is 9.93. The average Bonchev–Trinajstić information content (AvgIpc) is 2.99. The van der Waals surface area contributed by atoms with E-state index in [0.717, 1.165) is 36.3 Å². The summed E-state index contributed by atoms with van der Waals surface area (Å²) in [5.41, 5.74) is 10.2. The van der Waals surface area contributed by atoms with Gasteiger partial charge in [0.15, 0.2) is 0 Å². The number of hydrogen-bond donors (Lipinski definition) is 2. The zero-order valence-corrected chi connectivity index (χ0v) is 15.6. The Morgan fingerprint density at radius 1 is 1.26 bits per heavy atom. The van der Waals surface area contributed by atoms with Gasteiger partial charge in [-0.15, -0.1) is 0 Å². The number of fused-ring (bicyclic) bond motifs is 3. The first-order valence-electron chi connectivity index (χ1n) is 9.40. The summed E-state index contributed by atoms with van der Waals surface area (Å²) in [6.07, 6.45) is 3.85. The molecule has 3 aromatic rings. The van der Waals surface area contributed by atoms with Crippen molar-refractivity contribution < 1.29 is 9.84 Å². The van der Waals surface area contributed by atoms with Crippen LogP contribution in [-0.2, 0) is 19.5 Å². The van der Waals surface area contributed by atoms with Crippen molar-refractivity contribution in [3.05, 3.63) is 59.5 Å². The van der Waals surface area contributed by atoms with Crippen molar-refractivity contribution >= 4 is 10.9 Å². The summed E-state index contributed by atoms with van der Waals surface area (Å²) >= 11 is 0. The fourth-order valence-corrected chi connectivity index (χ4v) is 3.90. The first-order valence-corrected chi connectivity index (χ1v) is 9.40. The molecular formula is C21H26N4O2. The molecule has 1 unspecified atom stereocenters. The Morgan fingerprint density at radius 2 is 2.07 bits per heavy atom. The minimum atomic E-state index is -0.569. The summed E-state index contributed by atoms with van der Waals surface area (Å²) in [5, 5.41) is 12.0. The average molecular weight is 366 g/mol. The van der Waals surface area contributed by atoms with Crippen LogP contribution in [0.5, 0.6) is 5.75 Å². The van der Waals surface area contributed by atoms with Crippen LogP contribution in [0.15, 0.2) is 42.7 Å². The van der Waals surface area contributed by atoms with E-state index in [4.69, 9.17) is 10.5 Å². The van der Waals surface area contributed by atoms with Crippen LogP contribution in [0.4, 0.5) is 0 Å². The Bertz CT molecular complexity index is 923. The van der Waals surface area contributed by atoms with Crippen LogP contribution < -0.4 is 10.5 Å². The number of hydrogen-bond acceptors (Lipinski definition) is 5. The van der Waals surface area contributed by atoms with Crippen molar-refractivity contribution in [2.75, 3.05) is 26.7 Å². The van der Waals surface area contributed by atoms with Gasteiger partial charge in [0.2, 0.25) is 0 Å². The van der Waals surface area contributed by atoms with Crippen LogP contribution >= 0.6 is 0 Å². The van der Waals surface area contributed by atoms with Gasteiger partial charge in [-0.05, 0) is 48.5 Å². The van der Waals surface area contributed by atoms with E-state index >= 15 is 0 Å². The first kappa shape index (κ1) is 18.0. The van der Waals surface area contributed by atoms with Crippen LogP contribution in [0.2, 0.25) is 0 Å². The van der Waals surface area contributed by atoms with Crippen molar-refractivity contribution in [3.63, 3.8) is 0 Å². The molecule has 0 radical (unpaired) electrons. The number of nitrogens with two attached hydrogens (primary N) is 1. The smallest absolute Gasteiger partial charge is 0.120 e. The predicted molar refractivity (Wildman–Crippen MR) is 106 cm³/mol. The minimum absolute atomic E-state index is 0.498. The molecule has 1 aliphatic heterocycles. The molecule has 2 aromatic heterocycles. The molecule has 4 rings (SSSR count). The van der Waals surface area contributed by atoms with Crippen LogP contribution in [0.1, 0.15) is 22.9 Å². The fourth-order valence-electron chi connectivity index (χ4n) is 3.90. The van der Waals surface area contributed by atoms with Crippen molar-refractivity contribution in [2.45, 2.75) is 25.6 Å². The van der Waals surface area contributed by atoms with E-state index < -0.39 is 6.10 Å². The van der Waals surface area contributed by atoms with E-state index in [1.165, 1.54) is 16.6 Å². The molecular weight excluding hydrogens is 340 g/mol. The zero-order valence-electron chi connectivity index (χ0n) is 15.6. The summed E-state index contributed by atoms with van der Waals surface area (Å²) in [6.45, 7) is 3.46. The van der Waals surface area contributed by atoms with Crippen molar-refractivity contribution in [3.8, 4) is 5.75 Å². The Morgan fingerprint density at radius 3 is 2.85 bits per heavy atom. The largest absolute Gasteiger partial charge is 0.492 e. The molecule has 1 atom stereocenters. The SMILES string of the molecule is CN1CCc2c(c3cc(OCCN)ccc3n2CC(O)c2ccncc2)C1. The fraction of sp³-hybridized carbons (Fsp3) is 0.381. The number of pyridine rings is 1. The van der Waals surface area contributed by atoms with E-state index in [-0.39, 0.29) is 0 Å². The van der Waals surface area contributed by atoms with Crippen LogP contribution in [0.25, 0.3) is 10.9 Å². The monoisotopic (exact) mass is 366 g/mol. The van der Waals surface area contributed by atoms with Gasteiger partial charge in [-0.1, -0.05) is 0 Å². The number of ether oxygens (including phenoxy) is 1. The molecule has 6 heteroatoms. The number of aliphatic hydroxyl groups is 1. The molecule has 3 N–H and O–H groups in total. The summed E-state index contributed by atoms with van der Waals surface area (Å²) < 4.78 is 8.01. The highest BCUT2D eigenvalue weighted by Crippen LogP contribution is 2.34. The van der Waals surface area contributed by atoms with Crippen molar-refractivity contribution in [1.29, 1.82) is 0 Å². The van der Waals surface area contributed by atoms with Crippen molar-refractivity contribution in [1.82, 2.24) is 14.5 Å². The lowest BCUT2D eigenvalue weighted by Gasteiger charge is -2.25. The summed E-state index contributed by atoms with van der Waals surface area (Å²) in [7, 11) is 2.15. The van der Waals surface area contributed by atoms with Crippen LogP contribution in [-0.4, -0.2) is 46.3 Å². The van der Waals surface area contributed by atoms with Gasteiger partial charge in [-0.2, -0.15) is 0 Å². The van der Waals surface area contributed by atoms with Crippen LogP contribution in [0.3, 0.4) is 0 Å². The van der Waals surface area contributed by atoms with Gasteiger partial charge in [-0.3, -0.25) is 4.98 Å². The van der Waals surface area contributed by atoms with E-state index in [1.54, 1.807) is 12.4 Å². The second kappa shape index (κ2) is 7.68. The zero-order chi connectivity index (χ0) is 18.8. The maximum absolute atomic E-state index is 10.8. The molecule has 1 aromatic carbocycles. The lowest BCUT2D eigenvalue weighted by Crippen LogP contribution is -2.27. The minimum Gasteiger partial charge on any atom is -0.492 e. The maximum atomic E-state index is 10.8. The molecule has 27 heavy (non-hydrogen) atoms. The molecule has 6 nitrogen and oxygen atoms in total. The number of aliphatic hydroxyl groups excluding tert-OH is 1. The van der Waals surface area contributed by atoms with E-state index in [0.29, 0.717) is 19.7 Å². The highest BCUT2D eigenvalue weighted by Gasteiger charge is 2.24. The normalized spacial score (nSPS) is 15.7. The van der Waals surface area contributed by atoms with Gasteiger partial charge in [0.25, 0.3) is 0 Å².